The summed E-state index contributed by atoms with van der Waals surface area (Å²) in [6, 6.07) is 13.4. The third-order valence-electron chi connectivity index (χ3n) is 5.43. The molecule has 2 aromatic rings. The molecular weight excluding hydrogens is 530 g/mol. The number of rotatable bonds is 7. The van der Waals surface area contributed by atoms with Gasteiger partial charge in [-0.3, -0.25) is 4.79 Å². The van der Waals surface area contributed by atoms with Crippen molar-refractivity contribution in [1.29, 1.82) is 0 Å². The summed E-state index contributed by atoms with van der Waals surface area (Å²) in [6.07, 6.45) is 2.56. The van der Waals surface area contributed by atoms with Gasteiger partial charge in [-0.1, -0.05) is 69.3 Å². The van der Waals surface area contributed by atoms with Crippen molar-refractivity contribution in [3.63, 3.8) is 0 Å². The largest absolute Gasteiger partial charge is 0.478 e. The van der Waals surface area contributed by atoms with Crippen LogP contribution in [0.15, 0.2) is 67.3 Å². The van der Waals surface area contributed by atoms with Gasteiger partial charge in [0.15, 0.2) is 0 Å². The Bertz CT molecular complexity index is 966. The number of halogens is 1. The van der Waals surface area contributed by atoms with Crippen LogP contribution >= 0.6 is 11.6 Å². The summed E-state index contributed by atoms with van der Waals surface area (Å²) in [4.78, 5) is 33.0. The Morgan fingerprint density at radius 3 is 1.30 bits per heavy atom. The normalized spacial score (nSPS) is 11.1. The Morgan fingerprint density at radius 2 is 1.10 bits per heavy atom. The minimum Gasteiger partial charge on any atom is -0.478 e. The number of benzene rings is 2. The number of aryl methyl sites for hydroxylation is 1. The lowest BCUT2D eigenvalue weighted by molar-refractivity contribution is -0.108. The highest BCUT2D eigenvalue weighted by atomic mass is 35.5. The van der Waals surface area contributed by atoms with E-state index in [2.05, 4.69) is 38.8 Å². The maximum Gasteiger partial charge on any atom is 0.335 e. The molecule has 40 heavy (non-hydrogen) atoms. The molecule has 222 valence electrons. The van der Waals surface area contributed by atoms with Crippen LogP contribution < -0.4 is 0 Å². The van der Waals surface area contributed by atoms with Crippen molar-refractivity contribution in [2.75, 3.05) is 32.8 Å². The molecule has 0 amide bonds. The summed E-state index contributed by atoms with van der Waals surface area (Å²) in [5, 5.41) is 16.6. The lowest BCUT2D eigenvalue weighted by Crippen LogP contribution is -2.21. The van der Waals surface area contributed by atoms with Crippen LogP contribution in [0.2, 0.25) is 0 Å². The Morgan fingerprint density at radius 1 is 0.775 bits per heavy atom. The zero-order chi connectivity index (χ0) is 31.1. The van der Waals surface area contributed by atoms with Gasteiger partial charge in [0, 0.05) is 18.8 Å². The van der Waals surface area contributed by atoms with Crippen molar-refractivity contribution in [1.82, 2.24) is 4.90 Å². The molecule has 1 saturated heterocycles. The van der Waals surface area contributed by atoms with Gasteiger partial charge in [-0.05, 0) is 94.7 Å². The second-order valence-electron chi connectivity index (χ2n) is 8.83. The third kappa shape index (κ3) is 20.7. The van der Waals surface area contributed by atoms with Gasteiger partial charge in [-0.25, -0.2) is 9.59 Å². The molecule has 0 aliphatic carbocycles. The van der Waals surface area contributed by atoms with E-state index in [4.69, 9.17) is 26.6 Å². The summed E-state index contributed by atoms with van der Waals surface area (Å²) in [5.41, 5.74) is 4.01. The van der Waals surface area contributed by atoms with Gasteiger partial charge in [0.2, 0.25) is 5.24 Å². The van der Waals surface area contributed by atoms with Crippen LogP contribution in [0.3, 0.4) is 0 Å². The predicted molar refractivity (Wildman–Crippen MR) is 165 cm³/mol. The standard InChI is InChI=1S/C10H10O2.C8H8O2.C6H15N.C4H5ClO.C4H8O/c1-7(2)8-3-5-9(6-4-8)10(11)12;1-6-2-4-7(5-3-6)8(9)10;1-4-7(5-2)6-3;1-3(2)4(5)6;1-2-4-5-3-1/h3-6H,1H2,2H3,(H,11,12);2-5H,1H3,(H,9,10);4-6H2,1-3H3;1H2,2H3;1-4H2. The molecule has 1 aliphatic rings. The highest BCUT2D eigenvalue weighted by Crippen LogP contribution is 2.12. The van der Waals surface area contributed by atoms with Gasteiger partial charge < -0.3 is 19.8 Å². The highest BCUT2D eigenvalue weighted by Gasteiger charge is 2.01. The molecule has 0 bridgehead atoms. The topological polar surface area (TPSA) is 104 Å². The van der Waals surface area contributed by atoms with E-state index in [1.165, 1.54) is 32.5 Å². The van der Waals surface area contributed by atoms with Gasteiger partial charge in [0.25, 0.3) is 0 Å². The SMILES string of the molecule is C1CCOC1.C=C(C)C(=O)Cl.C=C(C)c1ccc(C(=O)O)cc1.CCN(CC)CC.Cc1ccc(C(=O)O)cc1. The molecule has 1 heterocycles. The molecule has 1 fully saturated rings. The van der Waals surface area contributed by atoms with Gasteiger partial charge >= 0.3 is 11.9 Å². The number of carboxylic acids is 2. The smallest absolute Gasteiger partial charge is 0.335 e. The van der Waals surface area contributed by atoms with E-state index in [0.717, 1.165) is 29.9 Å². The lowest BCUT2D eigenvalue weighted by atomic mass is 10.1. The van der Waals surface area contributed by atoms with E-state index < -0.39 is 17.2 Å². The Labute approximate surface area is 245 Å². The minimum absolute atomic E-state index is 0.306. The number of allylic oxidation sites excluding steroid dienone is 2. The first-order chi connectivity index (χ1) is 18.8. The number of hydrogen-bond acceptors (Lipinski definition) is 5. The van der Waals surface area contributed by atoms with E-state index in [-0.39, 0.29) is 0 Å². The molecule has 0 atom stereocenters. The Kier molecular flexibility index (Phi) is 23.0. The van der Waals surface area contributed by atoms with Crippen LogP contribution in [0, 0.1) is 6.92 Å². The lowest BCUT2D eigenvalue weighted by Gasteiger charge is -2.13. The first-order valence-electron chi connectivity index (χ1n) is 13.2. The molecule has 7 nitrogen and oxygen atoms in total. The first-order valence-corrected chi connectivity index (χ1v) is 13.6. The molecule has 0 saturated carbocycles. The maximum atomic E-state index is 10.5. The fourth-order valence-corrected chi connectivity index (χ4v) is 2.77. The van der Waals surface area contributed by atoms with Crippen LogP contribution in [0.25, 0.3) is 5.57 Å². The number of carboxylic acid groups (broad SMARTS) is 2. The molecule has 1 aliphatic heterocycles. The highest BCUT2D eigenvalue weighted by molar-refractivity contribution is 6.67. The van der Waals surface area contributed by atoms with E-state index in [9.17, 15) is 14.4 Å². The second-order valence-corrected chi connectivity index (χ2v) is 9.17. The van der Waals surface area contributed by atoms with E-state index in [1.807, 2.05) is 13.8 Å². The number of ether oxygens (including phenoxy) is 1. The van der Waals surface area contributed by atoms with Gasteiger partial charge in [0.05, 0.1) is 11.1 Å². The van der Waals surface area contributed by atoms with Crippen molar-refractivity contribution < 1.29 is 29.3 Å². The maximum absolute atomic E-state index is 10.5. The summed E-state index contributed by atoms with van der Waals surface area (Å²) in [7, 11) is 0. The van der Waals surface area contributed by atoms with Crippen LogP contribution in [-0.2, 0) is 9.53 Å². The van der Waals surface area contributed by atoms with Crippen molar-refractivity contribution >= 4 is 34.4 Å². The van der Waals surface area contributed by atoms with Gasteiger partial charge in [-0.15, -0.1) is 0 Å². The summed E-state index contributed by atoms with van der Waals surface area (Å²) < 4.78 is 4.94. The van der Waals surface area contributed by atoms with Crippen molar-refractivity contribution in [3.05, 3.63) is 89.5 Å². The number of carbonyl (C=O) groups excluding carboxylic acids is 1. The monoisotopic (exact) mass is 575 g/mol. The van der Waals surface area contributed by atoms with Crippen molar-refractivity contribution in [2.45, 2.75) is 54.4 Å². The van der Waals surface area contributed by atoms with E-state index in [0.29, 0.717) is 16.7 Å². The van der Waals surface area contributed by atoms with Gasteiger partial charge in [0.1, 0.15) is 0 Å². The summed E-state index contributed by atoms with van der Waals surface area (Å²) in [6.45, 7) is 24.5. The van der Waals surface area contributed by atoms with Crippen LogP contribution in [0.4, 0.5) is 0 Å². The molecule has 0 radical (unpaired) electrons. The number of carbonyl (C=O) groups is 3. The minimum atomic E-state index is -0.900. The fraction of sp³-hybridized carbons (Fsp3) is 0.406. The van der Waals surface area contributed by atoms with Crippen LogP contribution in [0.5, 0.6) is 0 Å². The number of nitrogens with zero attached hydrogens (tertiary/aromatic N) is 1. The van der Waals surface area contributed by atoms with E-state index in [1.54, 1.807) is 55.5 Å². The molecule has 2 N–H and O–H groups in total. The molecule has 0 aromatic heterocycles. The third-order valence-corrected chi connectivity index (χ3v) is 5.75. The summed E-state index contributed by atoms with van der Waals surface area (Å²) >= 11 is 4.87. The van der Waals surface area contributed by atoms with Crippen molar-refractivity contribution in [2.24, 2.45) is 0 Å². The zero-order valence-corrected chi connectivity index (χ0v) is 25.6. The quantitative estimate of drug-likeness (QED) is 0.259. The van der Waals surface area contributed by atoms with Crippen LogP contribution in [0.1, 0.15) is 79.3 Å². The molecule has 2 aromatic carbocycles. The molecule has 8 heteroatoms. The molecule has 0 spiro atoms. The second kappa shape index (κ2) is 23.6. The average Bonchev–Trinajstić information content (AvgIpc) is 3.51. The summed E-state index contributed by atoms with van der Waals surface area (Å²) in [5.74, 6) is -1.77. The van der Waals surface area contributed by atoms with Gasteiger partial charge in [-0.2, -0.15) is 0 Å². The average molecular weight is 576 g/mol. The number of aromatic carboxylic acids is 2. The first kappa shape index (κ1) is 38.9. The number of hydrogen-bond donors (Lipinski definition) is 2. The molecular formula is C32H46ClNO6. The Balaban J connectivity index is 0. The Hall–Kier alpha value is -3.26. The molecule has 3 rings (SSSR count). The van der Waals surface area contributed by atoms with Crippen LogP contribution in [-0.4, -0.2) is 65.1 Å². The van der Waals surface area contributed by atoms with E-state index >= 15 is 0 Å². The molecule has 0 unspecified atom stereocenters. The predicted octanol–water partition coefficient (Wildman–Crippen LogP) is 7.58. The van der Waals surface area contributed by atoms with Crippen molar-refractivity contribution in [3.8, 4) is 0 Å². The fourth-order valence-electron chi connectivity index (χ4n) is 2.77. The zero-order valence-electron chi connectivity index (χ0n) is 24.8.